The fourth-order valence-corrected chi connectivity index (χ4v) is 6.30. The maximum absolute atomic E-state index is 12.5. The lowest BCUT2D eigenvalue weighted by molar-refractivity contribution is 0.0956. The fraction of sp³-hybridized carbons (Fsp3) is 0.222. The lowest BCUT2D eigenvalue weighted by Crippen LogP contribution is -2.28. The predicted octanol–water partition coefficient (Wildman–Crippen LogP) is 9.26. The van der Waals surface area contributed by atoms with Crippen molar-refractivity contribution in [3.8, 4) is 22.5 Å². The molecule has 0 saturated heterocycles. The van der Waals surface area contributed by atoms with Gasteiger partial charge in [0.15, 0.2) is 5.76 Å². The highest BCUT2D eigenvalue weighted by atomic mass is 35.5. The Hall–Kier alpha value is -3.66. The van der Waals surface area contributed by atoms with Crippen molar-refractivity contribution >= 4 is 50.8 Å². The van der Waals surface area contributed by atoms with Gasteiger partial charge >= 0.3 is 0 Å². The van der Waals surface area contributed by atoms with Gasteiger partial charge in [-0.1, -0.05) is 103 Å². The van der Waals surface area contributed by atoms with Crippen LogP contribution in [0.1, 0.15) is 59.4 Å². The van der Waals surface area contributed by atoms with Gasteiger partial charge in [0.25, 0.3) is 16.0 Å². The third-order valence-electron chi connectivity index (χ3n) is 7.84. The van der Waals surface area contributed by atoms with Crippen molar-refractivity contribution < 1.29 is 22.3 Å². The number of amides is 1. The van der Waals surface area contributed by atoms with Crippen LogP contribution in [0.2, 0.25) is 15.1 Å². The smallest absolute Gasteiger partial charge is 0.266 e. The van der Waals surface area contributed by atoms with Gasteiger partial charge in [-0.2, -0.15) is 8.42 Å². The molecule has 1 aromatic heterocycles. The molecule has 0 bridgehead atoms. The van der Waals surface area contributed by atoms with Crippen LogP contribution in [-0.2, 0) is 22.0 Å². The minimum atomic E-state index is -4.17. The van der Waals surface area contributed by atoms with E-state index in [1.165, 1.54) is 5.56 Å². The number of hydrogen-bond acceptors (Lipinski definition) is 5. The minimum Gasteiger partial charge on any atom is -0.356 e. The van der Waals surface area contributed by atoms with Crippen LogP contribution in [0, 0.1) is 0 Å². The van der Waals surface area contributed by atoms with Crippen LogP contribution < -0.4 is 5.32 Å². The van der Waals surface area contributed by atoms with E-state index in [0.29, 0.717) is 32.8 Å². The standard InChI is InChI=1S/C36H33Cl3N2O5S/c1-36(2,3)26-11-8-23(9-12-26)29(18-22-4-6-24(7-5-22)35(42)40-16-17-47(43,44)45)33-21-34(46-41-33)25-10-15-31(38)30(19-25)28-14-13-27(37)20-32(28)39/h4-15,19-21,29H,16-18H2,1-3H3,(H,40,42)(H,43,44,45). The quantitative estimate of drug-likeness (QED) is 0.140. The van der Waals surface area contributed by atoms with Crippen molar-refractivity contribution in [2.24, 2.45) is 0 Å². The Balaban J connectivity index is 1.44. The third kappa shape index (κ3) is 8.83. The Kier molecular flexibility index (Phi) is 10.5. The molecular weight excluding hydrogens is 679 g/mol. The highest BCUT2D eigenvalue weighted by molar-refractivity contribution is 7.85. The summed E-state index contributed by atoms with van der Waals surface area (Å²) in [6.45, 7) is 6.31. The minimum absolute atomic E-state index is 0.00781. The van der Waals surface area contributed by atoms with Gasteiger partial charge in [0.2, 0.25) is 0 Å². The average Bonchev–Trinajstić information content (AvgIpc) is 3.50. The Morgan fingerprint density at radius 2 is 1.57 bits per heavy atom. The van der Waals surface area contributed by atoms with Crippen LogP contribution in [0.3, 0.4) is 0 Å². The summed E-state index contributed by atoms with van der Waals surface area (Å²) in [6.07, 6.45) is 0.567. The lowest BCUT2D eigenvalue weighted by atomic mass is 9.83. The van der Waals surface area contributed by atoms with Crippen LogP contribution in [0.5, 0.6) is 0 Å². The second-order valence-corrected chi connectivity index (χ2v) is 15.1. The summed E-state index contributed by atoms with van der Waals surface area (Å²) in [4.78, 5) is 12.5. The first-order chi connectivity index (χ1) is 22.2. The van der Waals surface area contributed by atoms with Crippen LogP contribution in [0.4, 0.5) is 0 Å². The van der Waals surface area contributed by atoms with E-state index in [1.807, 2.05) is 36.4 Å². The maximum atomic E-state index is 12.5. The molecule has 0 aliphatic rings. The molecule has 244 valence electrons. The van der Waals surface area contributed by atoms with Crippen molar-refractivity contribution in [2.75, 3.05) is 12.3 Å². The summed E-state index contributed by atoms with van der Waals surface area (Å²) in [5.41, 5.74) is 6.58. The zero-order valence-corrected chi connectivity index (χ0v) is 29.0. The van der Waals surface area contributed by atoms with Gasteiger partial charge in [-0.05, 0) is 71.0 Å². The second-order valence-electron chi connectivity index (χ2n) is 12.3. The largest absolute Gasteiger partial charge is 0.356 e. The molecule has 1 unspecified atom stereocenters. The molecule has 0 radical (unpaired) electrons. The van der Waals surface area contributed by atoms with Crippen molar-refractivity contribution in [1.29, 1.82) is 0 Å². The highest BCUT2D eigenvalue weighted by Gasteiger charge is 2.23. The maximum Gasteiger partial charge on any atom is 0.266 e. The normalized spacial score (nSPS) is 12.6. The number of rotatable bonds is 10. The molecule has 0 aliphatic carbocycles. The number of carbonyl (C=O) groups is 1. The number of halogens is 3. The van der Waals surface area contributed by atoms with Crippen molar-refractivity contribution in [3.05, 3.63) is 134 Å². The van der Waals surface area contributed by atoms with Gasteiger partial charge < -0.3 is 9.84 Å². The molecule has 0 spiro atoms. The second kappa shape index (κ2) is 14.2. The van der Waals surface area contributed by atoms with E-state index in [4.69, 9.17) is 43.9 Å². The van der Waals surface area contributed by atoms with Crippen LogP contribution in [0.25, 0.3) is 22.5 Å². The Morgan fingerprint density at radius 3 is 2.21 bits per heavy atom. The van der Waals surface area contributed by atoms with Crippen LogP contribution >= 0.6 is 34.8 Å². The molecule has 5 rings (SSSR count). The van der Waals surface area contributed by atoms with E-state index >= 15 is 0 Å². The summed E-state index contributed by atoms with van der Waals surface area (Å²) in [6, 6.07) is 28.3. The SMILES string of the molecule is CC(C)(C)c1ccc(C(Cc2ccc(C(=O)NCCS(=O)(=O)O)cc2)c2cc(-c3ccc(Cl)c(-c4ccc(Cl)cc4Cl)c3)on2)cc1. The number of aromatic nitrogens is 1. The zero-order chi connectivity index (χ0) is 33.9. The van der Waals surface area contributed by atoms with Gasteiger partial charge in [0, 0.05) is 55.9 Å². The molecule has 7 nitrogen and oxygen atoms in total. The third-order valence-corrected chi connectivity index (χ3v) is 9.44. The van der Waals surface area contributed by atoms with Gasteiger partial charge in [-0.15, -0.1) is 0 Å². The molecule has 1 atom stereocenters. The number of nitrogens with one attached hydrogen (secondary N) is 1. The zero-order valence-electron chi connectivity index (χ0n) is 25.9. The van der Waals surface area contributed by atoms with Gasteiger partial charge in [-0.25, -0.2) is 0 Å². The molecule has 2 N–H and O–H groups in total. The number of benzene rings is 4. The monoisotopic (exact) mass is 710 g/mol. The van der Waals surface area contributed by atoms with Gasteiger partial charge in [-0.3, -0.25) is 9.35 Å². The van der Waals surface area contributed by atoms with Crippen LogP contribution in [0.15, 0.2) is 95.5 Å². The van der Waals surface area contributed by atoms with E-state index in [2.05, 4.69) is 55.5 Å². The first kappa shape index (κ1) is 34.7. The fourth-order valence-electron chi connectivity index (χ4n) is 5.21. The molecule has 0 aliphatic heterocycles. The molecule has 47 heavy (non-hydrogen) atoms. The Bertz CT molecular complexity index is 2000. The van der Waals surface area contributed by atoms with E-state index in [1.54, 1.807) is 30.3 Å². The van der Waals surface area contributed by atoms with E-state index in [9.17, 15) is 13.2 Å². The summed E-state index contributed by atoms with van der Waals surface area (Å²) < 4.78 is 36.8. The van der Waals surface area contributed by atoms with E-state index < -0.39 is 21.8 Å². The lowest BCUT2D eigenvalue weighted by Gasteiger charge is -2.21. The first-order valence-corrected chi connectivity index (χ1v) is 17.6. The van der Waals surface area contributed by atoms with Gasteiger partial charge in [0.1, 0.15) is 0 Å². The molecule has 1 amide bonds. The van der Waals surface area contributed by atoms with Crippen molar-refractivity contribution in [1.82, 2.24) is 10.5 Å². The Labute approximate surface area is 289 Å². The molecule has 0 fully saturated rings. The van der Waals surface area contributed by atoms with Crippen LogP contribution in [-0.4, -0.2) is 36.3 Å². The summed E-state index contributed by atoms with van der Waals surface area (Å²) in [7, 11) is -4.17. The summed E-state index contributed by atoms with van der Waals surface area (Å²) in [5, 5.41) is 8.55. The molecular formula is C36H33Cl3N2O5S. The Morgan fingerprint density at radius 1 is 0.872 bits per heavy atom. The topological polar surface area (TPSA) is 110 Å². The van der Waals surface area contributed by atoms with E-state index in [-0.39, 0.29) is 17.9 Å². The molecule has 0 saturated carbocycles. The summed E-state index contributed by atoms with van der Waals surface area (Å²) in [5.74, 6) is -0.596. The molecule has 11 heteroatoms. The average molecular weight is 712 g/mol. The number of carbonyl (C=O) groups excluding carboxylic acids is 1. The number of hydrogen-bond donors (Lipinski definition) is 2. The summed E-state index contributed by atoms with van der Waals surface area (Å²) >= 11 is 19.2. The van der Waals surface area contributed by atoms with Gasteiger partial charge in [0.05, 0.1) is 11.4 Å². The van der Waals surface area contributed by atoms with E-state index in [0.717, 1.165) is 33.5 Å². The molecule has 4 aromatic carbocycles. The molecule has 1 heterocycles. The van der Waals surface area contributed by atoms with Crippen molar-refractivity contribution in [3.63, 3.8) is 0 Å². The van der Waals surface area contributed by atoms with Crippen molar-refractivity contribution in [2.45, 2.75) is 38.5 Å². The highest BCUT2D eigenvalue weighted by Crippen LogP contribution is 2.39. The molecule has 5 aromatic rings. The first-order valence-electron chi connectivity index (χ1n) is 14.8. The number of nitrogens with zero attached hydrogens (tertiary/aromatic N) is 1. The predicted molar refractivity (Wildman–Crippen MR) is 188 cm³/mol.